The Hall–Kier alpha value is -2.69. The summed E-state index contributed by atoms with van der Waals surface area (Å²) in [6.07, 6.45) is 2.28. The summed E-state index contributed by atoms with van der Waals surface area (Å²) in [5.74, 6) is -0.541. The summed E-state index contributed by atoms with van der Waals surface area (Å²) in [6.45, 7) is 0. The zero-order valence-electron chi connectivity index (χ0n) is 11.2. The van der Waals surface area contributed by atoms with Gasteiger partial charge in [0.1, 0.15) is 0 Å². The molecule has 0 bridgehead atoms. The molecule has 1 N–H and O–H groups in total. The number of aromatic carboxylic acids is 1. The molecule has 5 nitrogen and oxygen atoms in total. The summed E-state index contributed by atoms with van der Waals surface area (Å²) in [5.41, 5.74) is 2.58. The predicted molar refractivity (Wildman–Crippen MR) is 77.8 cm³/mol. The lowest BCUT2D eigenvalue weighted by molar-refractivity contribution is 0.0691. The van der Waals surface area contributed by atoms with Crippen LogP contribution in [0.3, 0.4) is 0 Å². The van der Waals surface area contributed by atoms with E-state index >= 15 is 0 Å². The first-order valence-corrected chi connectivity index (χ1v) is 6.92. The van der Waals surface area contributed by atoms with Crippen molar-refractivity contribution in [3.05, 3.63) is 53.9 Å². The second-order valence-corrected chi connectivity index (χ2v) is 5.28. The van der Waals surface area contributed by atoms with Crippen molar-refractivity contribution in [1.82, 2.24) is 14.8 Å². The van der Waals surface area contributed by atoms with E-state index in [1.807, 2.05) is 36.4 Å². The monoisotopic (exact) mass is 279 g/mol. The Kier molecular flexibility index (Phi) is 2.54. The number of fused-ring (bicyclic) bond motifs is 1. The molecule has 0 aliphatic heterocycles. The van der Waals surface area contributed by atoms with Crippen LogP contribution in [0.4, 0.5) is 0 Å². The van der Waals surface area contributed by atoms with Gasteiger partial charge < -0.3 is 5.11 Å². The minimum Gasteiger partial charge on any atom is -0.477 e. The molecule has 0 saturated heterocycles. The molecule has 0 amide bonds. The van der Waals surface area contributed by atoms with Gasteiger partial charge in [0.05, 0.1) is 11.4 Å². The number of pyridine rings is 1. The third-order valence-corrected chi connectivity index (χ3v) is 3.74. The maximum atomic E-state index is 11.2. The van der Waals surface area contributed by atoms with Crippen LogP contribution < -0.4 is 0 Å². The van der Waals surface area contributed by atoms with Crippen LogP contribution >= 0.6 is 0 Å². The van der Waals surface area contributed by atoms with Gasteiger partial charge in [-0.15, -0.1) is 0 Å². The minimum absolute atomic E-state index is 0.0435. The number of aromatic nitrogens is 3. The standard InChI is InChI=1S/C16H13N3O2/c20-16(21)13-9-8-12-14(10-6-7-10)18-19(15(12)17-13)11-4-2-1-3-5-11/h1-5,8-10H,6-7H2,(H,20,21). The second-order valence-electron chi connectivity index (χ2n) is 5.28. The fourth-order valence-corrected chi connectivity index (χ4v) is 2.55. The molecule has 1 aliphatic carbocycles. The van der Waals surface area contributed by atoms with E-state index in [1.165, 1.54) is 0 Å². The van der Waals surface area contributed by atoms with E-state index in [2.05, 4.69) is 10.1 Å². The summed E-state index contributed by atoms with van der Waals surface area (Å²) < 4.78 is 1.75. The predicted octanol–water partition coefficient (Wildman–Crippen LogP) is 3.00. The van der Waals surface area contributed by atoms with E-state index in [9.17, 15) is 4.79 Å². The number of benzene rings is 1. The summed E-state index contributed by atoms with van der Waals surface area (Å²) in [6, 6.07) is 13.1. The SMILES string of the molecule is O=C(O)c1ccc2c(C3CC3)nn(-c3ccccc3)c2n1. The van der Waals surface area contributed by atoms with Gasteiger partial charge in [0.2, 0.25) is 0 Å². The number of hydrogen-bond acceptors (Lipinski definition) is 3. The third-order valence-electron chi connectivity index (χ3n) is 3.74. The van der Waals surface area contributed by atoms with Crippen molar-refractivity contribution in [3.8, 4) is 5.69 Å². The lowest BCUT2D eigenvalue weighted by Crippen LogP contribution is -2.03. The highest BCUT2D eigenvalue weighted by molar-refractivity contribution is 5.90. The van der Waals surface area contributed by atoms with Gasteiger partial charge in [-0.05, 0) is 37.1 Å². The Balaban J connectivity index is 2.00. The van der Waals surface area contributed by atoms with Crippen molar-refractivity contribution in [2.75, 3.05) is 0 Å². The van der Waals surface area contributed by atoms with E-state index in [1.54, 1.807) is 10.7 Å². The Labute approximate surface area is 120 Å². The van der Waals surface area contributed by atoms with Crippen molar-refractivity contribution in [1.29, 1.82) is 0 Å². The fraction of sp³-hybridized carbons (Fsp3) is 0.188. The Morgan fingerprint density at radius 3 is 2.57 bits per heavy atom. The van der Waals surface area contributed by atoms with E-state index in [4.69, 9.17) is 5.11 Å². The molecule has 1 fully saturated rings. The molecule has 5 heteroatoms. The zero-order chi connectivity index (χ0) is 14.4. The molecule has 0 unspecified atom stereocenters. The summed E-state index contributed by atoms with van der Waals surface area (Å²) in [4.78, 5) is 15.4. The van der Waals surface area contributed by atoms with Crippen molar-refractivity contribution in [2.45, 2.75) is 18.8 Å². The maximum absolute atomic E-state index is 11.2. The highest BCUT2D eigenvalue weighted by atomic mass is 16.4. The van der Waals surface area contributed by atoms with Crippen LogP contribution in [0.5, 0.6) is 0 Å². The van der Waals surface area contributed by atoms with Crippen molar-refractivity contribution in [3.63, 3.8) is 0 Å². The van der Waals surface area contributed by atoms with Crippen molar-refractivity contribution < 1.29 is 9.90 Å². The number of hydrogen-bond donors (Lipinski definition) is 1. The molecule has 0 atom stereocenters. The number of carboxylic acid groups (broad SMARTS) is 1. The molecule has 4 rings (SSSR count). The average Bonchev–Trinajstić information content (AvgIpc) is 3.28. The lowest BCUT2D eigenvalue weighted by Gasteiger charge is -2.02. The van der Waals surface area contributed by atoms with Gasteiger partial charge in [-0.1, -0.05) is 18.2 Å². The molecule has 0 radical (unpaired) electrons. The Morgan fingerprint density at radius 1 is 1.14 bits per heavy atom. The smallest absolute Gasteiger partial charge is 0.354 e. The highest BCUT2D eigenvalue weighted by Crippen LogP contribution is 2.42. The van der Waals surface area contributed by atoms with Gasteiger partial charge in [0.25, 0.3) is 0 Å². The average molecular weight is 279 g/mol. The zero-order valence-corrected chi connectivity index (χ0v) is 11.2. The van der Waals surface area contributed by atoms with Gasteiger partial charge in [0, 0.05) is 11.3 Å². The van der Waals surface area contributed by atoms with E-state index in [-0.39, 0.29) is 5.69 Å². The van der Waals surface area contributed by atoms with Gasteiger partial charge in [-0.25, -0.2) is 14.5 Å². The van der Waals surface area contributed by atoms with Crippen LogP contribution in [-0.4, -0.2) is 25.8 Å². The summed E-state index contributed by atoms with van der Waals surface area (Å²) >= 11 is 0. The minimum atomic E-state index is -1.02. The third kappa shape index (κ3) is 1.98. The van der Waals surface area contributed by atoms with Crippen LogP contribution in [0.15, 0.2) is 42.5 Å². The molecule has 1 aromatic carbocycles. The van der Waals surface area contributed by atoms with Crippen LogP contribution in [0.25, 0.3) is 16.7 Å². The first-order valence-electron chi connectivity index (χ1n) is 6.92. The van der Waals surface area contributed by atoms with E-state index in [0.29, 0.717) is 11.6 Å². The van der Waals surface area contributed by atoms with Gasteiger partial charge in [-0.3, -0.25) is 0 Å². The quantitative estimate of drug-likeness (QED) is 0.800. The topological polar surface area (TPSA) is 68.0 Å². The number of carbonyl (C=O) groups is 1. The van der Waals surface area contributed by atoms with Crippen LogP contribution in [0.2, 0.25) is 0 Å². The fourth-order valence-electron chi connectivity index (χ4n) is 2.55. The van der Waals surface area contributed by atoms with Gasteiger partial charge >= 0.3 is 5.97 Å². The molecule has 2 aromatic heterocycles. The van der Waals surface area contributed by atoms with Crippen LogP contribution in [0.1, 0.15) is 34.9 Å². The second kappa shape index (κ2) is 4.41. The number of carboxylic acids is 1. The Morgan fingerprint density at radius 2 is 1.90 bits per heavy atom. The maximum Gasteiger partial charge on any atom is 0.354 e. The first kappa shape index (κ1) is 12.1. The summed E-state index contributed by atoms with van der Waals surface area (Å²) in [7, 11) is 0. The number of rotatable bonds is 3. The molecule has 1 saturated carbocycles. The molecule has 3 aromatic rings. The number of para-hydroxylation sites is 1. The van der Waals surface area contributed by atoms with Crippen LogP contribution in [-0.2, 0) is 0 Å². The van der Waals surface area contributed by atoms with E-state index < -0.39 is 5.97 Å². The van der Waals surface area contributed by atoms with Crippen LogP contribution in [0, 0.1) is 0 Å². The van der Waals surface area contributed by atoms with Crippen molar-refractivity contribution >= 4 is 17.0 Å². The first-order chi connectivity index (χ1) is 10.2. The summed E-state index contributed by atoms with van der Waals surface area (Å²) in [5, 5.41) is 14.8. The highest BCUT2D eigenvalue weighted by Gasteiger charge is 2.30. The molecular weight excluding hydrogens is 266 g/mol. The molecule has 104 valence electrons. The molecular formula is C16H13N3O2. The largest absolute Gasteiger partial charge is 0.477 e. The molecule has 1 aliphatic rings. The lowest BCUT2D eigenvalue weighted by atomic mass is 10.2. The molecule has 21 heavy (non-hydrogen) atoms. The van der Waals surface area contributed by atoms with Gasteiger partial charge in [-0.2, -0.15) is 5.10 Å². The Bertz CT molecular complexity index is 835. The molecule has 0 spiro atoms. The van der Waals surface area contributed by atoms with E-state index in [0.717, 1.165) is 29.6 Å². The number of nitrogens with zero attached hydrogens (tertiary/aromatic N) is 3. The van der Waals surface area contributed by atoms with Gasteiger partial charge in [0.15, 0.2) is 11.3 Å². The molecule has 2 heterocycles. The van der Waals surface area contributed by atoms with Crippen molar-refractivity contribution in [2.24, 2.45) is 0 Å². The normalized spacial score (nSPS) is 14.5.